The lowest BCUT2D eigenvalue weighted by Crippen LogP contribution is -2.44. The second kappa shape index (κ2) is 6.79. The third-order valence-corrected chi connectivity index (χ3v) is 3.91. The quantitative estimate of drug-likeness (QED) is 0.834. The Labute approximate surface area is 129 Å². The smallest absolute Gasteiger partial charge is 0.335 e. The number of carbonyl (C=O) groups excluding carboxylic acids is 1. The summed E-state index contributed by atoms with van der Waals surface area (Å²) in [7, 11) is 1.50. The molecule has 6 heteroatoms. The fourth-order valence-corrected chi connectivity index (χ4v) is 2.54. The first-order chi connectivity index (χ1) is 10.5. The minimum Gasteiger partial charge on any atom is -0.496 e. The summed E-state index contributed by atoms with van der Waals surface area (Å²) < 4.78 is 10.7. The zero-order valence-corrected chi connectivity index (χ0v) is 12.8. The van der Waals surface area contributed by atoms with Crippen LogP contribution in [0.25, 0.3) is 0 Å². The van der Waals surface area contributed by atoms with Crippen LogP contribution in [0.4, 0.5) is 0 Å². The first kappa shape index (κ1) is 16.3. The Kier molecular flexibility index (Phi) is 5.03. The van der Waals surface area contributed by atoms with Crippen molar-refractivity contribution < 1.29 is 24.2 Å². The number of amides is 1. The minimum atomic E-state index is -0.996. The number of benzene rings is 1. The summed E-state index contributed by atoms with van der Waals surface area (Å²) in [4.78, 5) is 23.0. The number of hydrogen-bond donors (Lipinski definition) is 2. The summed E-state index contributed by atoms with van der Waals surface area (Å²) in [6.45, 7) is 2.87. The number of aromatic carboxylic acids is 1. The van der Waals surface area contributed by atoms with Gasteiger partial charge < -0.3 is 19.9 Å². The second-order valence-electron chi connectivity index (χ2n) is 5.52. The van der Waals surface area contributed by atoms with Crippen LogP contribution in [0.5, 0.6) is 5.75 Å². The van der Waals surface area contributed by atoms with Gasteiger partial charge in [0, 0.05) is 13.2 Å². The Bertz CT molecular complexity index is 564. The van der Waals surface area contributed by atoms with Crippen molar-refractivity contribution in [2.45, 2.75) is 31.8 Å². The molecular weight excluding hydrogens is 286 g/mol. The van der Waals surface area contributed by atoms with Gasteiger partial charge in [0.15, 0.2) is 0 Å². The summed E-state index contributed by atoms with van der Waals surface area (Å²) in [5.41, 5.74) is 0.304. The Morgan fingerprint density at radius 3 is 2.82 bits per heavy atom. The van der Waals surface area contributed by atoms with Crippen molar-refractivity contribution in [1.82, 2.24) is 5.32 Å². The van der Waals surface area contributed by atoms with Crippen LogP contribution in [-0.2, 0) is 16.0 Å². The molecule has 120 valence electrons. The van der Waals surface area contributed by atoms with Crippen molar-refractivity contribution in [3.8, 4) is 5.75 Å². The number of ether oxygens (including phenoxy) is 2. The lowest BCUT2D eigenvalue weighted by molar-refractivity contribution is -0.139. The van der Waals surface area contributed by atoms with Crippen molar-refractivity contribution in [3.05, 3.63) is 29.3 Å². The second-order valence-corrected chi connectivity index (χ2v) is 5.52. The van der Waals surface area contributed by atoms with Crippen molar-refractivity contribution in [1.29, 1.82) is 0 Å². The average Bonchev–Trinajstić information content (AvgIpc) is 2.95. The van der Waals surface area contributed by atoms with E-state index in [0.29, 0.717) is 25.3 Å². The molecule has 2 rings (SSSR count). The highest BCUT2D eigenvalue weighted by Gasteiger charge is 2.37. The molecule has 1 aromatic carbocycles. The first-order valence-electron chi connectivity index (χ1n) is 7.29. The van der Waals surface area contributed by atoms with E-state index in [1.807, 2.05) is 0 Å². The van der Waals surface area contributed by atoms with E-state index in [2.05, 4.69) is 5.32 Å². The molecule has 1 fully saturated rings. The van der Waals surface area contributed by atoms with Crippen LogP contribution in [0.3, 0.4) is 0 Å². The Hall–Kier alpha value is -2.08. The first-order valence-corrected chi connectivity index (χ1v) is 7.29. The van der Waals surface area contributed by atoms with E-state index in [9.17, 15) is 9.59 Å². The van der Waals surface area contributed by atoms with E-state index in [-0.39, 0.29) is 11.5 Å². The standard InChI is InChI=1S/C16H21NO5/c1-16(7-3-9-22-16)15(20)17-8-6-11-4-5-12(14(18)19)10-13(11)21-2/h4-5,10H,3,6-9H2,1-2H3,(H,17,20)(H,18,19). The van der Waals surface area contributed by atoms with Gasteiger partial charge >= 0.3 is 5.97 Å². The molecule has 2 N–H and O–H groups in total. The summed E-state index contributed by atoms with van der Waals surface area (Å²) in [6, 6.07) is 4.73. The highest BCUT2D eigenvalue weighted by atomic mass is 16.5. The van der Waals surface area contributed by atoms with E-state index in [1.54, 1.807) is 13.0 Å². The molecule has 1 saturated heterocycles. The number of carboxylic acid groups (broad SMARTS) is 1. The van der Waals surface area contributed by atoms with Crippen LogP contribution in [0.2, 0.25) is 0 Å². The summed E-state index contributed by atoms with van der Waals surface area (Å²) in [5.74, 6) is -0.590. The largest absolute Gasteiger partial charge is 0.496 e. The number of methoxy groups -OCH3 is 1. The molecule has 1 aliphatic rings. The maximum Gasteiger partial charge on any atom is 0.335 e. The summed E-state index contributed by atoms with van der Waals surface area (Å²) in [6.07, 6.45) is 2.19. The van der Waals surface area contributed by atoms with E-state index < -0.39 is 11.6 Å². The van der Waals surface area contributed by atoms with Gasteiger partial charge in [-0.2, -0.15) is 0 Å². The predicted octanol–water partition coefficient (Wildman–Crippen LogP) is 1.62. The molecule has 0 aliphatic carbocycles. The zero-order chi connectivity index (χ0) is 16.2. The Morgan fingerprint density at radius 1 is 1.45 bits per heavy atom. The van der Waals surface area contributed by atoms with Gasteiger partial charge in [-0.15, -0.1) is 0 Å². The number of carbonyl (C=O) groups is 2. The van der Waals surface area contributed by atoms with Gasteiger partial charge in [-0.05, 0) is 43.9 Å². The summed E-state index contributed by atoms with van der Waals surface area (Å²) in [5, 5.41) is 11.8. The number of hydrogen-bond acceptors (Lipinski definition) is 4. The van der Waals surface area contributed by atoms with Gasteiger partial charge in [0.2, 0.25) is 0 Å². The molecule has 0 radical (unpaired) electrons. The maximum atomic E-state index is 12.1. The molecular formula is C16H21NO5. The van der Waals surface area contributed by atoms with Gasteiger partial charge in [0.1, 0.15) is 11.4 Å². The van der Waals surface area contributed by atoms with Crippen molar-refractivity contribution in [2.75, 3.05) is 20.3 Å². The van der Waals surface area contributed by atoms with Gasteiger partial charge in [-0.3, -0.25) is 4.79 Å². The van der Waals surface area contributed by atoms with E-state index in [1.165, 1.54) is 19.2 Å². The highest BCUT2D eigenvalue weighted by Crippen LogP contribution is 2.25. The molecule has 1 atom stereocenters. The van der Waals surface area contributed by atoms with Gasteiger partial charge in [0.25, 0.3) is 5.91 Å². The van der Waals surface area contributed by atoms with E-state index >= 15 is 0 Å². The maximum absolute atomic E-state index is 12.1. The third-order valence-electron chi connectivity index (χ3n) is 3.91. The molecule has 0 aromatic heterocycles. The van der Waals surface area contributed by atoms with Gasteiger partial charge in [0.05, 0.1) is 12.7 Å². The van der Waals surface area contributed by atoms with Crippen LogP contribution in [-0.4, -0.2) is 42.8 Å². The van der Waals surface area contributed by atoms with Crippen LogP contribution >= 0.6 is 0 Å². The molecule has 1 heterocycles. The normalized spacial score (nSPS) is 20.6. The highest BCUT2D eigenvalue weighted by molar-refractivity contribution is 5.88. The van der Waals surface area contributed by atoms with Crippen molar-refractivity contribution in [2.24, 2.45) is 0 Å². The average molecular weight is 307 g/mol. The lowest BCUT2D eigenvalue weighted by atomic mass is 10.0. The fraction of sp³-hybridized carbons (Fsp3) is 0.500. The lowest BCUT2D eigenvalue weighted by Gasteiger charge is -2.22. The van der Waals surface area contributed by atoms with Crippen LogP contribution in [0.15, 0.2) is 18.2 Å². The number of rotatable bonds is 6. The summed E-state index contributed by atoms with van der Waals surface area (Å²) >= 11 is 0. The Morgan fingerprint density at radius 2 is 2.23 bits per heavy atom. The SMILES string of the molecule is COc1cc(C(=O)O)ccc1CCNC(=O)C1(C)CCCO1. The molecule has 22 heavy (non-hydrogen) atoms. The molecule has 1 unspecified atom stereocenters. The third kappa shape index (κ3) is 3.57. The predicted molar refractivity (Wildman–Crippen MR) is 80.3 cm³/mol. The molecule has 0 bridgehead atoms. The molecule has 1 aromatic rings. The van der Waals surface area contributed by atoms with Crippen molar-refractivity contribution in [3.63, 3.8) is 0 Å². The van der Waals surface area contributed by atoms with Gasteiger partial charge in [-0.1, -0.05) is 6.07 Å². The van der Waals surface area contributed by atoms with Crippen LogP contribution in [0, 0.1) is 0 Å². The monoisotopic (exact) mass is 307 g/mol. The Balaban J connectivity index is 1.94. The van der Waals surface area contributed by atoms with Crippen molar-refractivity contribution >= 4 is 11.9 Å². The zero-order valence-electron chi connectivity index (χ0n) is 12.8. The van der Waals surface area contributed by atoms with Gasteiger partial charge in [-0.25, -0.2) is 4.79 Å². The molecule has 0 saturated carbocycles. The molecule has 1 amide bonds. The van der Waals surface area contributed by atoms with E-state index in [0.717, 1.165) is 18.4 Å². The van der Waals surface area contributed by atoms with Crippen LogP contribution in [0.1, 0.15) is 35.7 Å². The number of nitrogens with one attached hydrogen (secondary N) is 1. The van der Waals surface area contributed by atoms with E-state index in [4.69, 9.17) is 14.6 Å². The minimum absolute atomic E-state index is 0.105. The molecule has 0 spiro atoms. The number of carboxylic acids is 1. The molecule has 1 aliphatic heterocycles. The fourth-order valence-electron chi connectivity index (χ4n) is 2.54. The topological polar surface area (TPSA) is 84.9 Å². The molecule has 6 nitrogen and oxygen atoms in total. The van der Waals surface area contributed by atoms with Crippen LogP contribution < -0.4 is 10.1 Å².